The highest BCUT2D eigenvalue weighted by molar-refractivity contribution is 7.89. The van der Waals surface area contributed by atoms with Crippen LogP contribution >= 0.6 is 0 Å². The fraction of sp³-hybridized carbons (Fsp3) is 0.0952. The van der Waals surface area contributed by atoms with Gasteiger partial charge in [0.25, 0.3) is 0 Å². The Morgan fingerprint density at radius 3 is 2.32 bits per heavy atom. The van der Waals surface area contributed by atoms with E-state index in [2.05, 4.69) is 15.0 Å². The molecule has 1 aromatic carbocycles. The number of pyridine rings is 3. The molecule has 3 aromatic heterocycles. The summed E-state index contributed by atoms with van der Waals surface area (Å²) < 4.78 is 26.1. The Labute approximate surface area is 163 Å². The average molecular weight is 390 g/mol. The maximum atomic E-state index is 12.4. The number of fused-ring (bicyclic) bond motifs is 1. The third-order valence-corrected chi connectivity index (χ3v) is 6.34. The van der Waals surface area contributed by atoms with E-state index in [4.69, 9.17) is 0 Å². The second-order valence-electron chi connectivity index (χ2n) is 6.52. The topological polar surface area (TPSA) is 76.1 Å². The van der Waals surface area contributed by atoms with Crippen LogP contribution in [0.5, 0.6) is 0 Å². The summed E-state index contributed by atoms with van der Waals surface area (Å²) in [6.07, 6.45) is 8.32. The van der Waals surface area contributed by atoms with E-state index in [0.29, 0.717) is 0 Å². The zero-order chi connectivity index (χ0) is 19.7. The highest BCUT2D eigenvalue weighted by atomic mass is 32.2. The molecule has 0 saturated heterocycles. The molecule has 0 atom stereocenters. The van der Waals surface area contributed by atoms with Gasteiger partial charge in [-0.2, -0.15) is 0 Å². The first-order valence-electron chi connectivity index (χ1n) is 8.64. The SMILES string of the molecule is CN(C)S(=O)(=O)c1cncc(-c2ccc3nccc(-c4ccncc4)c3c2)c1. The third kappa shape index (κ3) is 3.26. The van der Waals surface area contributed by atoms with Gasteiger partial charge in [-0.3, -0.25) is 15.0 Å². The van der Waals surface area contributed by atoms with Crippen LogP contribution in [0.4, 0.5) is 0 Å². The smallest absolute Gasteiger partial charge is 0.244 e. The van der Waals surface area contributed by atoms with E-state index in [0.717, 1.165) is 33.2 Å². The fourth-order valence-electron chi connectivity index (χ4n) is 3.04. The molecule has 0 saturated carbocycles. The minimum Gasteiger partial charge on any atom is -0.265 e. The molecule has 0 aliphatic heterocycles. The number of rotatable bonds is 4. The molecule has 0 aliphatic rings. The minimum absolute atomic E-state index is 0.163. The van der Waals surface area contributed by atoms with Gasteiger partial charge in [-0.1, -0.05) is 6.07 Å². The van der Waals surface area contributed by atoms with Gasteiger partial charge >= 0.3 is 0 Å². The lowest BCUT2D eigenvalue weighted by Gasteiger charge is -2.12. The Kier molecular flexibility index (Phi) is 4.62. The second kappa shape index (κ2) is 7.10. The van der Waals surface area contributed by atoms with Crippen LogP contribution in [0.15, 0.2) is 78.3 Å². The summed E-state index contributed by atoms with van der Waals surface area (Å²) in [6.45, 7) is 0. The van der Waals surface area contributed by atoms with Crippen molar-refractivity contribution in [1.29, 1.82) is 0 Å². The van der Waals surface area contributed by atoms with Gasteiger partial charge in [-0.15, -0.1) is 0 Å². The normalized spacial score (nSPS) is 11.8. The Morgan fingerprint density at radius 1 is 0.786 bits per heavy atom. The van der Waals surface area contributed by atoms with Crippen LogP contribution in [0.2, 0.25) is 0 Å². The average Bonchev–Trinajstić information content (AvgIpc) is 2.73. The van der Waals surface area contributed by atoms with Crippen molar-refractivity contribution in [3.63, 3.8) is 0 Å². The van der Waals surface area contributed by atoms with E-state index in [1.807, 2.05) is 36.4 Å². The number of hydrogen-bond donors (Lipinski definition) is 0. The molecule has 0 spiro atoms. The molecule has 0 radical (unpaired) electrons. The summed E-state index contributed by atoms with van der Waals surface area (Å²) in [7, 11) is -0.540. The molecule has 0 fully saturated rings. The van der Waals surface area contributed by atoms with Gasteiger partial charge in [-0.25, -0.2) is 12.7 Å². The summed E-state index contributed by atoms with van der Waals surface area (Å²) >= 11 is 0. The van der Waals surface area contributed by atoms with Crippen LogP contribution < -0.4 is 0 Å². The molecule has 3 heterocycles. The molecule has 28 heavy (non-hydrogen) atoms. The molecule has 0 aliphatic carbocycles. The van der Waals surface area contributed by atoms with Gasteiger partial charge in [-0.05, 0) is 53.1 Å². The maximum absolute atomic E-state index is 12.4. The van der Waals surface area contributed by atoms with Crippen LogP contribution in [0, 0.1) is 0 Å². The van der Waals surface area contributed by atoms with Crippen LogP contribution in [0.1, 0.15) is 0 Å². The van der Waals surface area contributed by atoms with Gasteiger partial charge in [0.15, 0.2) is 0 Å². The molecule has 6 nitrogen and oxygen atoms in total. The van der Waals surface area contributed by atoms with Crippen molar-refractivity contribution in [3.05, 3.63) is 73.4 Å². The summed E-state index contributed by atoms with van der Waals surface area (Å²) in [4.78, 5) is 12.8. The number of benzene rings is 1. The van der Waals surface area contributed by atoms with E-state index in [1.54, 1.807) is 30.9 Å². The van der Waals surface area contributed by atoms with Gasteiger partial charge in [0, 0.05) is 56.0 Å². The van der Waals surface area contributed by atoms with Crippen LogP contribution in [0.3, 0.4) is 0 Å². The molecule has 7 heteroatoms. The van der Waals surface area contributed by atoms with Crippen molar-refractivity contribution < 1.29 is 8.42 Å². The zero-order valence-corrected chi connectivity index (χ0v) is 16.3. The first kappa shape index (κ1) is 18.2. The maximum Gasteiger partial charge on any atom is 0.244 e. The quantitative estimate of drug-likeness (QED) is 0.532. The third-order valence-electron chi connectivity index (χ3n) is 4.56. The highest BCUT2D eigenvalue weighted by Gasteiger charge is 2.18. The van der Waals surface area contributed by atoms with Crippen molar-refractivity contribution in [2.24, 2.45) is 0 Å². The molecule has 0 unspecified atom stereocenters. The lowest BCUT2D eigenvalue weighted by molar-refractivity contribution is 0.520. The standard InChI is InChI=1S/C21H18N4O2S/c1-25(2)28(26,27)18-11-17(13-23-14-18)16-3-4-21-20(12-16)19(7-10-24-21)15-5-8-22-9-6-15/h3-14H,1-2H3. The van der Waals surface area contributed by atoms with E-state index in [1.165, 1.54) is 24.6 Å². The van der Waals surface area contributed by atoms with Crippen molar-refractivity contribution in [3.8, 4) is 22.3 Å². The van der Waals surface area contributed by atoms with Crippen molar-refractivity contribution in [1.82, 2.24) is 19.3 Å². The largest absolute Gasteiger partial charge is 0.265 e. The Bertz CT molecular complexity index is 1260. The van der Waals surface area contributed by atoms with E-state index >= 15 is 0 Å². The lowest BCUT2D eigenvalue weighted by Crippen LogP contribution is -2.22. The van der Waals surface area contributed by atoms with Crippen LogP contribution in [-0.2, 0) is 10.0 Å². The first-order chi connectivity index (χ1) is 13.5. The van der Waals surface area contributed by atoms with Gasteiger partial charge in [0.1, 0.15) is 4.90 Å². The number of sulfonamides is 1. The van der Waals surface area contributed by atoms with E-state index < -0.39 is 10.0 Å². The van der Waals surface area contributed by atoms with Crippen molar-refractivity contribution in [2.45, 2.75) is 4.90 Å². The summed E-state index contributed by atoms with van der Waals surface area (Å²) in [5.74, 6) is 0. The summed E-state index contributed by atoms with van der Waals surface area (Å²) in [6, 6.07) is 13.4. The van der Waals surface area contributed by atoms with Gasteiger partial charge < -0.3 is 0 Å². The Balaban J connectivity index is 1.88. The molecule has 0 N–H and O–H groups in total. The number of aromatic nitrogens is 3. The molecule has 0 amide bonds. The Hall–Kier alpha value is -3.16. The molecular weight excluding hydrogens is 372 g/mol. The zero-order valence-electron chi connectivity index (χ0n) is 15.4. The van der Waals surface area contributed by atoms with Crippen LogP contribution in [-0.4, -0.2) is 41.8 Å². The van der Waals surface area contributed by atoms with E-state index in [9.17, 15) is 8.42 Å². The second-order valence-corrected chi connectivity index (χ2v) is 8.67. The monoisotopic (exact) mass is 390 g/mol. The summed E-state index contributed by atoms with van der Waals surface area (Å²) in [5.41, 5.74) is 4.55. The molecule has 4 aromatic rings. The van der Waals surface area contributed by atoms with Gasteiger partial charge in [0.2, 0.25) is 10.0 Å². The number of hydrogen-bond acceptors (Lipinski definition) is 5. The predicted molar refractivity (Wildman–Crippen MR) is 109 cm³/mol. The summed E-state index contributed by atoms with van der Waals surface area (Å²) in [5, 5.41) is 0.979. The van der Waals surface area contributed by atoms with Crippen LogP contribution in [0.25, 0.3) is 33.2 Å². The molecule has 4 rings (SSSR count). The molecular formula is C21H18N4O2S. The number of nitrogens with zero attached hydrogens (tertiary/aromatic N) is 4. The highest BCUT2D eigenvalue weighted by Crippen LogP contribution is 2.31. The lowest BCUT2D eigenvalue weighted by atomic mass is 9.98. The fourth-order valence-corrected chi connectivity index (χ4v) is 3.93. The molecule has 140 valence electrons. The minimum atomic E-state index is -3.55. The molecule has 0 bridgehead atoms. The van der Waals surface area contributed by atoms with Crippen molar-refractivity contribution >= 4 is 20.9 Å². The predicted octanol–water partition coefficient (Wildman–Crippen LogP) is 3.61. The van der Waals surface area contributed by atoms with Gasteiger partial charge in [0.05, 0.1) is 5.52 Å². The van der Waals surface area contributed by atoms with E-state index in [-0.39, 0.29) is 4.90 Å². The van der Waals surface area contributed by atoms with Crippen molar-refractivity contribution in [2.75, 3.05) is 14.1 Å². The Morgan fingerprint density at radius 2 is 1.57 bits per heavy atom. The first-order valence-corrected chi connectivity index (χ1v) is 10.1.